The maximum atomic E-state index is 11.7. The first-order valence-corrected chi connectivity index (χ1v) is 7.03. The summed E-state index contributed by atoms with van der Waals surface area (Å²) >= 11 is 0. The smallest absolute Gasteiger partial charge is 0.240 e. The van der Waals surface area contributed by atoms with Gasteiger partial charge in [0.15, 0.2) is 0 Å². The Bertz CT molecular complexity index is 438. The lowest BCUT2D eigenvalue weighted by molar-refractivity contribution is -0.133. The molecular formula is C14H26N4O4. The van der Waals surface area contributed by atoms with Crippen molar-refractivity contribution >= 4 is 11.8 Å². The van der Waals surface area contributed by atoms with E-state index in [2.05, 4.69) is 28.7 Å². The molecule has 8 nitrogen and oxygen atoms in total. The van der Waals surface area contributed by atoms with Gasteiger partial charge in [0, 0.05) is 32.6 Å². The van der Waals surface area contributed by atoms with Gasteiger partial charge in [0.1, 0.15) is 6.04 Å². The van der Waals surface area contributed by atoms with E-state index in [1.807, 2.05) is 0 Å². The highest BCUT2D eigenvalue weighted by molar-refractivity contribution is 5.90. The van der Waals surface area contributed by atoms with Crippen molar-refractivity contribution in [2.45, 2.75) is 18.9 Å². The van der Waals surface area contributed by atoms with Crippen molar-refractivity contribution in [3.05, 3.63) is 0 Å². The standard InChI is InChI=1S/C14H22N4O2.2H2O/c1-16-8-10-17(11-9-16)6-2-3-7-18-12(14(15)20)4-5-13(18)19;;/h12H,4-11H2,1H3,(H2,15,20);2*1H2. The van der Waals surface area contributed by atoms with Crippen LogP contribution >= 0.6 is 0 Å². The second-order valence-electron chi connectivity index (χ2n) is 5.41. The van der Waals surface area contributed by atoms with E-state index in [9.17, 15) is 9.59 Å². The van der Waals surface area contributed by atoms with Gasteiger partial charge >= 0.3 is 0 Å². The van der Waals surface area contributed by atoms with Crippen LogP contribution in [0, 0.1) is 11.8 Å². The van der Waals surface area contributed by atoms with Gasteiger partial charge in [0.05, 0.1) is 13.1 Å². The largest absolute Gasteiger partial charge is 0.412 e. The molecule has 126 valence electrons. The quantitative estimate of drug-likeness (QED) is 0.558. The molecule has 0 aromatic heterocycles. The summed E-state index contributed by atoms with van der Waals surface area (Å²) in [5, 5.41) is 0. The molecule has 0 aliphatic carbocycles. The predicted molar refractivity (Wildman–Crippen MR) is 82.9 cm³/mol. The number of nitrogens with zero attached hydrogens (tertiary/aromatic N) is 3. The Hall–Kier alpha value is -1.66. The van der Waals surface area contributed by atoms with Crippen LogP contribution in [0.2, 0.25) is 0 Å². The third kappa shape index (κ3) is 5.27. The first kappa shape index (κ1) is 20.3. The summed E-state index contributed by atoms with van der Waals surface area (Å²) in [6.07, 6.45) is 0.919. The summed E-state index contributed by atoms with van der Waals surface area (Å²) in [5.41, 5.74) is 5.29. The highest BCUT2D eigenvalue weighted by Gasteiger charge is 2.33. The highest BCUT2D eigenvalue weighted by atomic mass is 16.2. The zero-order valence-electron chi connectivity index (χ0n) is 13.0. The van der Waals surface area contributed by atoms with Crippen LogP contribution in [0.25, 0.3) is 0 Å². The van der Waals surface area contributed by atoms with Crippen LogP contribution in [0.15, 0.2) is 0 Å². The number of nitrogens with two attached hydrogens (primary N) is 1. The minimum Gasteiger partial charge on any atom is -0.412 e. The number of piperazine rings is 1. The van der Waals surface area contributed by atoms with Crippen LogP contribution in [0.5, 0.6) is 0 Å². The van der Waals surface area contributed by atoms with Crippen LogP contribution in [0.3, 0.4) is 0 Å². The Morgan fingerprint density at radius 2 is 1.77 bits per heavy atom. The molecule has 2 aliphatic heterocycles. The summed E-state index contributed by atoms with van der Waals surface area (Å²) in [5.74, 6) is 5.62. The van der Waals surface area contributed by atoms with Gasteiger partial charge in [-0.3, -0.25) is 14.5 Å². The van der Waals surface area contributed by atoms with Crippen LogP contribution in [-0.4, -0.2) is 89.8 Å². The molecule has 0 saturated carbocycles. The van der Waals surface area contributed by atoms with Crippen molar-refractivity contribution in [2.75, 3.05) is 46.3 Å². The van der Waals surface area contributed by atoms with Gasteiger partial charge in [-0.1, -0.05) is 11.8 Å². The van der Waals surface area contributed by atoms with Crippen LogP contribution in [0.4, 0.5) is 0 Å². The minimum absolute atomic E-state index is 0. The Kier molecular flexibility index (Phi) is 8.67. The first-order chi connectivity index (χ1) is 9.58. The van der Waals surface area contributed by atoms with E-state index in [1.165, 1.54) is 4.90 Å². The summed E-state index contributed by atoms with van der Waals surface area (Å²) in [7, 11) is 2.12. The molecule has 2 fully saturated rings. The van der Waals surface area contributed by atoms with Crippen molar-refractivity contribution in [3.63, 3.8) is 0 Å². The molecular weight excluding hydrogens is 288 g/mol. The van der Waals surface area contributed by atoms with Gasteiger partial charge in [-0.05, 0) is 13.5 Å². The second kappa shape index (κ2) is 9.38. The number of hydrogen-bond acceptors (Lipinski definition) is 4. The maximum absolute atomic E-state index is 11.7. The van der Waals surface area contributed by atoms with Gasteiger partial charge in [0.2, 0.25) is 11.8 Å². The number of primary amides is 1. The molecule has 0 bridgehead atoms. The van der Waals surface area contributed by atoms with E-state index in [1.54, 1.807) is 0 Å². The number of likely N-dealkylation sites (N-methyl/N-ethyl adjacent to an activating group) is 1. The minimum atomic E-state index is -0.472. The van der Waals surface area contributed by atoms with E-state index in [0.717, 1.165) is 32.7 Å². The number of rotatable bonds is 3. The molecule has 2 amide bonds. The molecule has 2 rings (SSSR count). The molecule has 2 heterocycles. The summed E-state index contributed by atoms with van der Waals surface area (Å²) in [6.45, 7) is 5.21. The van der Waals surface area contributed by atoms with E-state index >= 15 is 0 Å². The second-order valence-corrected chi connectivity index (χ2v) is 5.41. The Morgan fingerprint density at radius 3 is 2.36 bits per heavy atom. The molecule has 1 unspecified atom stereocenters. The van der Waals surface area contributed by atoms with E-state index < -0.39 is 11.9 Å². The molecule has 1 atom stereocenters. The molecule has 2 saturated heterocycles. The molecule has 0 aromatic carbocycles. The van der Waals surface area contributed by atoms with Gasteiger partial charge in [-0.2, -0.15) is 0 Å². The fraction of sp³-hybridized carbons (Fsp3) is 0.714. The fourth-order valence-electron chi connectivity index (χ4n) is 2.54. The topological polar surface area (TPSA) is 133 Å². The number of hydrogen-bond donors (Lipinski definition) is 1. The number of amides is 2. The zero-order chi connectivity index (χ0) is 14.5. The Labute approximate surface area is 130 Å². The average molecular weight is 314 g/mol. The number of likely N-dealkylation sites (tertiary alicyclic amines) is 1. The normalized spacial score (nSPS) is 22.3. The van der Waals surface area contributed by atoms with Crippen LogP contribution < -0.4 is 5.73 Å². The Morgan fingerprint density at radius 1 is 1.18 bits per heavy atom. The maximum Gasteiger partial charge on any atom is 0.240 e. The van der Waals surface area contributed by atoms with Gasteiger partial charge in [0.25, 0.3) is 0 Å². The SMILES string of the molecule is CN1CCN(CC#CCN2C(=O)CCC2C(N)=O)CC1.O.O. The summed E-state index contributed by atoms with van der Waals surface area (Å²) in [6, 6.07) is -0.472. The lowest BCUT2D eigenvalue weighted by Gasteiger charge is -2.30. The summed E-state index contributed by atoms with van der Waals surface area (Å²) < 4.78 is 0. The van der Waals surface area contributed by atoms with Crippen molar-refractivity contribution in [1.29, 1.82) is 0 Å². The molecule has 2 aliphatic rings. The lowest BCUT2D eigenvalue weighted by Crippen LogP contribution is -2.44. The molecule has 0 radical (unpaired) electrons. The molecule has 6 N–H and O–H groups in total. The van der Waals surface area contributed by atoms with E-state index in [4.69, 9.17) is 5.73 Å². The molecule has 8 heteroatoms. The lowest BCUT2D eigenvalue weighted by atomic mass is 10.2. The van der Waals surface area contributed by atoms with Gasteiger partial charge in [-0.25, -0.2) is 0 Å². The summed E-state index contributed by atoms with van der Waals surface area (Å²) in [4.78, 5) is 29.0. The van der Waals surface area contributed by atoms with Crippen molar-refractivity contribution < 1.29 is 20.5 Å². The molecule has 22 heavy (non-hydrogen) atoms. The van der Waals surface area contributed by atoms with Gasteiger partial charge < -0.3 is 26.5 Å². The van der Waals surface area contributed by atoms with Gasteiger partial charge in [-0.15, -0.1) is 0 Å². The van der Waals surface area contributed by atoms with E-state index in [0.29, 0.717) is 19.4 Å². The Balaban J connectivity index is 0.00000220. The third-order valence-corrected chi connectivity index (χ3v) is 3.93. The zero-order valence-corrected chi connectivity index (χ0v) is 13.0. The highest BCUT2D eigenvalue weighted by Crippen LogP contribution is 2.17. The van der Waals surface area contributed by atoms with Crippen molar-refractivity contribution in [2.24, 2.45) is 5.73 Å². The molecule has 0 spiro atoms. The number of carbonyl (C=O) groups is 2. The van der Waals surface area contributed by atoms with Crippen LogP contribution in [-0.2, 0) is 9.59 Å². The molecule has 0 aromatic rings. The van der Waals surface area contributed by atoms with Crippen molar-refractivity contribution in [3.8, 4) is 11.8 Å². The van der Waals surface area contributed by atoms with Crippen molar-refractivity contribution in [1.82, 2.24) is 14.7 Å². The van der Waals surface area contributed by atoms with E-state index in [-0.39, 0.29) is 16.9 Å². The monoisotopic (exact) mass is 314 g/mol. The fourth-order valence-corrected chi connectivity index (χ4v) is 2.54. The average Bonchev–Trinajstić information content (AvgIpc) is 2.78. The van der Waals surface area contributed by atoms with Crippen LogP contribution in [0.1, 0.15) is 12.8 Å². The predicted octanol–water partition coefficient (Wildman–Crippen LogP) is -2.94. The third-order valence-electron chi connectivity index (χ3n) is 3.93. The first-order valence-electron chi connectivity index (χ1n) is 7.03. The number of carbonyl (C=O) groups excluding carboxylic acids is 2.